The number of hydrogen-bond donors (Lipinski definition) is 2. The minimum Gasteiger partial charge on any atom is -0.393 e. The summed E-state index contributed by atoms with van der Waals surface area (Å²) in [5, 5.41) is 13.1. The van der Waals surface area contributed by atoms with Gasteiger partial charge in [-0.2, -0.15) is 0 Å². The first kappa shape index (κ1) is 15.3. The summed E-state index contributed by atoms with van der Waals surface area (Å²) < 4.78 is 0. The number of nitrogens with one attached hydrogen (secondary N) is 1. The van der Waals surface area contributed by atoms with Crippen molar-refractivity contribution in [1.82, 2.24) is 10.2 Å². The van der Waals surface area contributed by atoms with E-state index in [1.165, 1.54) is 5.56 Å². The van der Waals surface area contributed by atoms with E-state index >= 15 is 0 Å². The Morgan fingerprint density at radius 1 is 1.27 bits per heavy atom. The highest BCUT2D eigenvalue weighted by Gasteiger charge is 2.40. The monoisotopic (exact) mass is 302 g/mol. The number of rotatable bonds is 4. The first-order chi connectivity index (χ1) is 10.6. The second kappa shape index (κ2) is 6.69. The van der Waals surface area contributed by atoms with Crippen molar-refractivity contribution in [2.75, 3.05) is 13.6 Å². The Balaban J connectivity index is 1.46. The van der Waals surface area contributed by atoms with Crippen molar-refractivity contribution in [3.63, 3.8) is 0 Å². The molecule has 2 amide bonds. The minimum absolute atomic E-state index is 0.0128. The Labute approximate surface area is 132 Å². The SMILES string of the molecule is CN(CC1CCCCC1O)C(=O)NC1CC1c1ccccc1. The number of carbonyl (C=O) groups excluding carboxylic acids is 1. The van der Waals surface area contributed by atoms with Crippen molar-refractivity contribution >= 4 is 6.03 Å². The first-order valence-corrected chi connectivity index (χ1v) is 8.40. The van der Waals surface area contributed by atoms with Gasteiger partial charge in [-0.15, -0.1) is 0 Å². The maximum Gasteiger partial charge on any atom is 0.317 e. The molecule has 0 aromatic heterocycles. The lowest BCUT2D eigenvalue weighted by molar-refractivity contribution is 0.0565. The summed E-state index contributed by atoms with van der Waals surface area (Å²) in [6, 6.07) is 10.6. The lowest BCUT2D eigenvalue weighted by atomic mass is 9.86. The molecule has 4 unspecified atom stereocenters. The summed E-state index contributed by atoms with van der Waals surface area (Å²) in [6.07, 6.45) is 4.94. The van der Waals surface area contributed by atoms with E-state index in [4.69, 9.17) is 0 Å². The molecule has 0 radical (unpaired) electrons. The van der Waals surface area contributed by atoms with Gasteiger partial charge in [0.05, 0.1) is 6.10 Å². The zero-order valence-corrected chi connectivity index (χ0v) is 13.2. The van der Waals surface area contributed by atoms with Crippen LogP contribution in [-0.2, 0) is 0 Å². The van der Waals surface area contributed by atoms with Crippen molar-refractivity contribution in [2.45, 2.75) is 50.2 Å². The van der Waals surface area contributed by atoms with E-state index in [0.717, 1.165) is 32.1 Å². The van der Waals surface area contributed by atoms with Crippen LogP contribution in [-0.4, -0.2) is 41.8 Å². The normalized spacial score (nSPS) is 30.6. The number of hydrogen-bond acceptors (Lipinski definition) is 2. The molecule has 0 heterocycles. The molecule has 0 saturated heterocycles. The predicted molar refractivity (Wildman–Crippen MR) is 86.7 cm³/mol. The summed E-state index contributed by atoms with van der Waals surface area (Å²) in [7, 11) is 1.83. The van der Waals surface area contributed by atoms with Gasteiger partial charge in [0.25, 0.3) is 0 Å². The number of nitrogens with zero attached hydrogens (tertiary/aromatic N) is 1. The molecule has 2 fully saturated rings. The van der Waals surface area contributed by atoms with Gasteiger partial charge < -0.3 is 15.3 Å². The topological polar surface area (TPSA) is 52.6 Å². The quantitative estimate of drug-likeness (QED) is 0.898. The summed E-state index contributed by atoms with van der Waals surface area (Å²) >= 11 is 0. The van der Waals surface area contributed by atoms with Crippen LogP contribution in [0.4, 0.5) is 4.79 Å². The molecule has 2 N–H and O–H groups in total. The molecule has 120 valence electrons. The Bertz CT molecular complexity index is 505. The van der Waals surface area contributed by atoms with Gasteiger partial charge in [0, 0.05) is 31.5 Å². The van der Waals surface area contributed by atoms with Crippen LogP contribution in [0.2, 0.25) is 0 Å². The second-order valence-electron chi connectivity index (χ2n) is 6.80. The molecule has 0 spiro atoms. The van der Waals surface area contributed by atoms with Crippen molar-refractivity contribution in [2.24, 2.45) is 5.92 Å². The van der Waals surface area contributed by atoms with Gasteiger partial charge in [-0.05, 0) is 24.8 Å². The van der Waals surface area contributed by atoms with Gasteiger partial charge in [0.1, 0.15) is 0 Å². The Hall–Kier alpha value is -1.55. The fraction of sp³-hybridized carbons (Fsp3) is 0.611. The Morgan fingerprint density at radius 2 is 2.00 bits per heavy atom. The fourth-order valence-corrected chi connectivity index (χ4v) is 3.53. The first-order valence-electron chi connectivity index (χ1n) is 8.40. The van der Waals surface area contributed by atoms with Crippen LogP contribution >= 0.6 is 0 Å². The van der Waals surface area contributed by atoms with Crippen LogP contribution in [0, 0.1) is 5.92 Å². The molecule has 22 heavy (non-hydrogen) atoms. The number of carbonyl (C=O) groups is 1. The van der Waals surface area contributed by atoms with Crippen LogP contribution in [0.1, 0.15) is 43.6 Å². The number of amides is 2. The highest BCUT2D eigenvalue weighted by atomic mass is 16.3. The molecule has 1 aromatic carbocycles. The van der Waals surface area contributed by atoms with E-state index in [2.05, 4.69) is 17.4 Å². The summed E-state index contributed by atoms with van der Waals surface area (Å²) in [6.45, 7) is 0.649. The average molecular weight is 302 g/mol. The third-order valence-corrected chi connectivity index (χ3v) is 5.05. The molecule has 0 aliphatic heterocycles. The molecule has 0 bridgehead atoms. The zero-order chi connectivity index (χ0) is 15.5. The number of aliphatic hydroxyl groups is 1. The molecular formula is C18H26N2O2. The smallest absolute Gasteiger partial charge is 0.317 e. The van der Waals surface area contributed by atoms with E-state index in [1.54, 1.807) is 4.90 Å². The number of benzene rings is 1. The maximum absolute atomic E-state index is 12.3. The number of urea groups is 1. The van der Waals surface area contributed by atoms with E-state index in [0.29, 0.717) is 12.5 Å². The predicted octanol–water partition coefficient (Wildman–Crippen LogP) is 2.74. The number of aliphatic hydroxyl groups excluding tert-OH is 1. The molecular weight excluding hydrogens is 276 g/mol. The lowest BCUT2D eigenvalue weighted by Gasteiger charge is -2.31. The van der Waals surface area contributed by atoms with Gasteiger partial charge in [-0.3, -0.25) is 0 Å². The van der Waals surface area contributed by atoms with Crippen molar-refractivity contribution in [3.05, 3.63) is 35.9 Å². The molecule has 4 nitrogen and oxygen atoms in total. The third-order valence-electron chi connectivity index (χ3n) is 5.05. The highest BCUT2D eigenvalue weighted by Crippen LogP contribution is 2.40. The van der Waals surface area contributed by atoms with E-state index < -0.39 is 0 Å². The van der Waals surface area contributed by atoms with E-state index in [1.807, 2.05) is 25.2 Å². The molecule has 2 aliphatic carbocycles. The highest BCUT2D eigenvalue weighted by molar-refractivity contribution is 5.75. The molecule has 2 saturated carbocycles. The molecule has 3 rings (SSSR count). The standard InChI is InChI=1S/C18H26N2O2/c1-20(12-14-9-5-6-10-17(14)21)18(22)19-16-11-15(16)13-7-3-2-4-8-13/h2-4,7-8,14-17,21H,5-6,9-12H2,1H3,(H,19,22). The third kappa shape index (κ3) is 3.61. The Morgan fingerprint density at radius 3 is 2.73 bits per heavy atom. The second-order valence-corrected chi connectivity index (χ2v) is 6.80. The minimum atomic E-state index is -0.248. The molecule has 2 aliphatic rings. The lowest BCUT2D eigenvalue weighted by Crippen LogP contribution is -2.43. The zero-order valence-electron chi connectivity index (χ0n) is 13.2. The maximum atomic E-state index is 12.3. The Kier molecular flexibility index (Phi) is 4.67. The van der Waals surface area contributed by atoms with Crippen LogP contribution < -0.4 is 5.32 Å². The van der Waals surface area contributed by atoms with E-state index in [9.17, 15) is 9.90 Å². The van der Waals surface area contributed by atoms with Crippen LogP contribution in [0.3, 0.4) is 0 Å². The fourth-order valence-electron chi connectivity index (χ4n) is 3.53. The van der Waals surface area contributed by atoms with E-state index in [-0.39, 0.29) is 24.1 Å². The molecule has 1 aromatic rings. The summed E-state index contributed by atoms with van der Waals surface area (Å²) in [5.41, 5.74) is 1.30. The van der Waals surface area contributed by atoms with Gasteiger partial charge >= 0.3 is 6.03 Å². The van der Waals surface area contributed by atoms with Gasteiger partial charge in [-0.1, -0.05) is 43.2 Å². The van der Waals surface area contributed by atoms with Crippen LogP contribution in [0.25, 0.3) is 0 Å². The van der Waals surface area contributed by atoms with Crippen molar-refractivity contribution in [3.8, 4) is 0 Å². The summed E-state index contributed by atoms with van der Waals surface area (Å²) in [5.74, 6) is 0.687. The molecule has 4 heteroatoms. The van der Waals surface area contributed by atoms with Gasteiger partial charge in [0.2, 0.25) is 0 Å². The van der Waals surface area contributed by atoms with Crippen molar-refractivity contribution in [1.29, 1.82) is 0 Å². The van der Waals surface area contributed by atoms with Crippen LogP contribution in [0.15, 0.2) is 30.3 Å². The largest absolute Gasteiger partial charge is 0.393 e. The average Bonchev–Trinajstić information content (AvgIpc) is 3.29. The molecule has 4 atom stereocenters. The van der Waals surface area contributed by atoms with Gasteiger partial charge in [0.15, 0.2) is 0 Å². The van der Waals surface area contributed by atoms with Gasteiger partial charge in [-0.25, -0.2) is 4.79 Å². The van der Waals surface area contributed by atoms with Crippen LogP contribution in [0.5, 0.6) is 0 Å². The van der Waals surface area contributed by atoms with Crippen molar-refractivity contribution < 1.29 is 9.90 Å². The summed E-state index contributed by atoms with van der Waals surface area (Å²) in [4.78, 5) is 14.0.